The fourth-order valence-electron chi connectivity index (χ4n) is 3.61. The maximum Gasteiger partial charge on any atom is 0.272 e. The van der Waals surface area contributed by atoms with Crippen LogP contribution in [0.15, 0.2) is 118 Å². The van der Waals surface area contributed by atoms with E-state index in [-0.39, 0.29) is 17.4 Å². The van der Waals surface area contributed by atoms with Crippen LogP contribution in [0.4, 0.5) is 11.4 Å². The summed E-state index contributed by atoms with van der Waals surface area (Å²) in [4.78, 5) is 39.5. The lowest BCUT2D eigenvalue weighted by atomic mass is 10.1. The van der Waals surface area contributed by atoms with Crippen LogP contribution in [0.2, 0.25) is 0 Å². The van der Waals surface area contributed by atoms with Crippen molar-refractivity contribution in [2.45, 2.75) is 4.90 Å². The predicted octanol–water partition coefficient (Wildman–Crippen LogP) is 6.60. The second kappa shape index (κ2) is 14.2. The average Bonchev–Trinajstić information content (AvgIpc) is 2.97. The van der Waals surface area contributed by atoms with Crippen LogP contribution in [-0.2, 0) is 9.59 Å². The normalized spacial score (nSPS) is 10.9. The number of thioether (sulfide) groups is 1. The SMILES string of the molecule is COc1ccccc1NC(=O)CSc1cccc(NC(=O)/C(=C/c2ccc(Br)cc2)NC(=O)c2ccccc2)c1. The van der Waals surface area contributed by atoms with Crippen molar-refractivity contribution in [1.82, 2.24) is 5.32 Å². The number of hydrogen-bond acceptors (Lipinski definition) is 5. The molecule has 0 radical (unpaired) electrons. The van der Waals surface area contributed by atoms with Gasteiger partial charge in [0.05, 0.1) is 18.6 Å². The van der Waals surface area contributed by atoms with Gasteiger partial charge in [0.15, 0.2) is 0 Å². The maximum atomic E-state index is 13.3. The number of halogens is 1. The number of hydrogen-bond donors (Lipinski definition) is 3. The summed E-state index contributed by atoms with van der Waals surface area (Å²) in [5.41, 5.74) is 2.38. The molecule has 7 nitrogen and oxygen atoms in total. The summed E-state index contributed by atoms with van der Waals surface area (Å²) in [7, 11) is 1.55. The maximum absolute atomic E-state index is 13.3. The molecule has 3 N–H and O–H groups in total. The molecule has 0 aliphatic rings. The quantitative estimate of drug-likeness (QED) is 0.138. The number of anilines is 2. The van der Waals surface area contributed by atoms with Crippen molar-refractivity contribution in [3.8, 4) is 5.75 Å². The van der Waals surface area contributed by atoms with Gasteiger partial charge in [0, 0.05) is 20.6 Å². The largest absolute Gasteiger partial charge is 0.495 e. The molecule has 0 aliphatic heterocycles. The molecular formula is C31H26BrN3O4S. The van der Waals surface area contributed by atoms with Crippen LogP contribution in [0.3, 0.4) is 0 Å². The van der Waals surface area contributed by atoms with Gasteiger partial charge in [0.1, 0.15) is 11.4 Å². The molecule has 40 heavy (non-hydrogen) atoms. The molecule has 0 unspecified atom stereocenters. The zero-order chi connectivity index (χ0) is 28.3. The van der Waals surface area contributed by atoms with Gasteiger partial charge in [-0.05, 0) is 66.2 Å². The summed E-state index contributed by atoms with van der Waals surface area (Å²) in [6, 6.07) is 30.4. The summed E-state index contributed by atoms with van der Waals surface area (Å²) < 4.78 is 6.18. The minimum atomic E-state index is -0.483. The lowest BCUT2D eigenvalue weighted by Gasteiger charge is -2.12. The number of methoxy groups -OCH3 is 1. The van der Waals surface area contributed by atoms with E-state index in [1.165, 1.54) is 11.8 Å². The van der Waals surface area contributed by atoms with Gasteiger partial charge in [-0.3, -0.25) is 14.4 Å². The van der Waals surface area contributed by atoms with E-state index >= 15 is 0 Å². The predicted molar refractivity (Wildman–Crippen MR) is 163 cm³/mol. The van der Waals surface area contributed by atoms with Crippen molar-refractivity contribution in [1.29, 1.82) is 0 Å². The van der Waals surface area contributed by atoms with Crippen molar-refractivity contribution in [3.63, 3.8) is 0 Å². The van der Waals surface area contributed by atoms with Crippen LogP contribution >= 0.6 is 27.7 Å². The first-order valence-corrected chi connectivity index (χ1v) is 14.0. The van der Waals surface area contributed by atoms with Crippen molar-refractivity contribution in [3.05, 3.63) is 124 Å². The van der Waals surface area contributed by atoms with Crippen LogP contribution in [0.1, 0.15) is 15.9 Å². The number of para-hydroxylation sites is 2. The molecule has 0 heterocycles. The van der Waals surface area contributed by atoms with Crippen LogP contribution in [0.5, 0.6) is 5.75 Å². The first-order valence-electron chi connectivity index (χ1n) is 12.2. The first kappa shape index (κ1) is 28.7. The molecule has 0 aromatic heterocycles. The second-order valence-electron chi connectivity index (χ2n) is 8.45. The van der Waals surface area contributed by atoms with Gasteiger partial charge in [-0.25, -0.2) is 0 Å². The molecule has 9 heteroatoms. The summed E-state index contributed by atoms with van der Waals surface area (Å²) in [5, 5.41) is 8.43. The van der Waals surface area contributed by atoms with Gasteiger partial charge in [0.25, 0.3) is 11.8 Å². The Labute approximate surface area is 245 Å². The van der Waals surface area contributed by atoms with Crippen molar-refractivity contribution in [2.75, 3.05) is 23.5 Å². The number of benzene rings is 4. The highest BCUT2D eigenvalue weighted by atomic mass is 79.9. The molecule has 3 amide bonds. The fourth-order valence-corrected chi connectivity index (χ4v) is 4.63. The highest BCUT2D eigenvalue weighted by Crippen LogP contribution is 2.25. The molecule has 0 bridgehead atoms. The third kappa shape index (κ3) is 8.33. The highest BCUT2D eigenvalue weighted by Gasteiger charge is 2.16. The summed E-state index contributed by atoms with van der Waals surface area (Å²) in [6.07, 6.45) is 1.61. The molecule has 0 saturated heterocycles. The number of amides is 3. The number of carbonyl (C=O) groups is 3. The van der Waals surface area contributed by atoms with Crippen molar-refractivity contribution in [2.24, 2.45) is 0 Å². The van der Waals surface area contributed by atoms with Crippen molar-refractivity contribution >= 4 is 62.9 Å². The van der Waals surface area contributed by atoms with E-state index in [0.717, 1.165) is 14.9 Å². The summed E-state index contributed by atoms with van der Waals surface area (Å²) in [5.74, 6) is -0.325. The zero-order valence-electron chi connectivity index (χ0n) is 21.5. The van der Waals surface area contributed by atoms with E-state index in [4.69, 9.17) is 4.74 Å². The smallest absolute Gasteiger partial charge is 0.272 e. The van der Waals surface area contributed by atoms with Crippen molar-refractivity contribution < 1.29 is 19.1 Å². The number of nitrogens with one attached hydrogen (secondary N) is 3. The lowest BCUT2D eigenvalue weighted by molar-refractivity contribution is -0.114. The third-order valence-corrected chi connectivity index (χ3v) is 7.08. The molecule has 0 spiro atoms. The van der Waals surface area contributed by atoms with Crippen LogP contribution in [0, 0.1) is 0 Å². The first-order chi connectivity index (χ1) is 19.4. The highest BCUT2D eigenvalue weighted by molar-refractivity contribution is 9.10. The molecule has 4 aromatic carbocycles. The molecule has 0 saturated carbocycles. The fraction of sp³-hybridized carbons (Fsp3) is 0.0645. The molecule has 4 rings (SSSR count). The molecule has 4 aromatic rings. The molecule has 0 atom stereocenters. The third-order valence-electron chi connectivity index (χ3n) is 5.55. The van der Waals surface area contributed by atoms with E-state index in [1.54, 1.807) is 67.8 Å². The van der Waals surface area contributed by atoms with Gasteiger partial charge in [-0.1, -0.05) is 64.5 Å². The second-order valence-corrected chi connectivity index (χ2v) is 10.4. The van der Waals surface area contributed by atoms with Gasteiger partial charge < -0.3 is 20.7 Å². The van der Waals surface area contributed by atoms with E-state index in [1.807, 2.05) is 48.5 Å². The van der Waals surface area contributed by atoms with Gasteiger partial charge in [-0.15, -0.1) is 11.8 Å². The van der Waals surface area contributed by atoms with E-state index < -0.39 is 11.8 Å². The Morgan fingerprint density at radius 2 is 1.57 bits per heavy atom. The summed E-state index contributed by atoms with van der Waals surface area (Å²) >= 11 is 4.73. The summed E-state index contributed by atoms with van der Waals surface area (Å²) in [6.45, 7) is 0. The topological polar surface area (TPSA) is 96.5 Å². The van der Waals surface area contributed by atoms with Crippen LogP contribution in [0.25, 0.3) is 6.08 Å². The Balaban J connectivity index is 1.44. The Morgan fingerprint density at radius 1 is 0.850 bits per heavy atom. The minimum Gasteiger partial charge on any atom is -0.495 e. The Bertz CT molecular complexity index is 1530. The number of rotatable bonds is 10. The molecule has 0 fully saturated rings. The Morgan fingerprint density at radius 3 is 2.33 bits per heavy atom. The molecule has 0 aliphatic carbocycles. The monoisotopic (exact) mass is 615 g/mol. The standard InChI is InChI=1S/C31H26BrN3O4S/c1-39-28-13-6-5-12-26(28)34-29(36)20-40-25-11-7-10-24(19-25)33-31(38)27(18-21-14-16-23(32)17-15-21)35-30(37)22-8-3-2-4-9-22/h2-19H,20H2,1H3,(H,33,38)(H,34,36)(H,35,37)/b27-18-. The number of carbonyl (C=O) groups excluding carboxylic acids is 3. The van der Waals surface area contributed by atoms with Gasteiger partial charge >= 0.3 is 0 Å². The average molecular weight is 617 g/mol. The lowest BCUT2D eigenvalue weighted by Crippen LogP contribution is -2.30. The minimum absolute atomic E-state index is 0.0883. The Kier molecular flexibility index (Phi) is 10.1. The Hall–Kier alpha value is -4.34. The zero-order valence-corrected chi connectivity index (χ0v) is 23.9. The van der Waals surface area contributed by atoms with E-state index in [2.05, 4.69) is 31.9 Å². The van der Waals surface area contributed by atoms with Gasteiger partial charge in [0.2, 0.25) is 5.91 Å². The van der Waals surface area contributed by atoms with Crippen LogP contribution < -0.4 is 20.7 Å². The van der Waals surface area contributed by atoms with E-state index in [0.29, 0.717) is 22.7 Å². The molecular weight excluding hydrogens is 590 g/mol. The van der Waals surface area contributed by atoms with Crippen LogP contribution in [-0.4, -0.2) is 30.6 Å². The number of ether oxygens (including phenoxy) is 1. The molecule has 202 valence electrons. The van der Waals surface area contributed by atoms with E-state index in [9.17, 15) is 14.4 Å². The van der Waals surface area contributed by atoms with Gasteiger partial charge in [-0.2, -0.15) is 0 Å².